The summed E-state index contributed by atoms with van der Waals surface area (Å²) in [6, 6.07) is 0. The minimum absolute atomic E-state index is 0.122. The second kappa shape index (κ2) is 5.56. The third kappa shape index (κ3) is 5.30. The van der Waals surface area contributed by atoms with Gasteiger partial charge >= 0.3 is 0 Å². The van der Waals surface area contributed by atoms with Crippen LogP contribution in [0.1, 0.15) is 19.8 Å². The summed E-state index contributed by atoms with van der Waals surface area (Å²) in [6.07, 6.45) is 1.11. The van der Waals surface area contributed by atoms with Gasteiger partial charge in [-0.25, -0.2) is 0 Å². The summed E-state index contributed by atoms with van der Waals surface area (Å²) in [6.45, 7) is 2.43. The third-order valence-electron chi connectivity index (χ3n) is 0.979. The van der Waals surface area contributed by atoms with Crippen molar-refractivity contribution in [2.45, 2.75) is 25.9 Å². The third-order valence-corrected chi connectivity index (χ3v) is 0.979. The van der Waals surface area contributed by atoms with Crippen molar-refractivity contribution in [3.8, 4) is 0 Å². The van der Waals surface area contributed by atoms with E-state index in [0.29, 0.717) is 12.9 Å². The maximum Gasteiger partial charge on any atom is 0.293 e. The predicted molar refractivity (Wildman–Crippen MR) is 32.9 cm³/mol. The van der Waals surface area contributed by atoms with E-state index in [-0.39, 0.29) is 6.61 Å². The fourth-order valence-electron chi connectivity index (χ4n) is 0.567. The van der Waals surface area contributed by atoms with E-state index in [2.05, 4.69) is 4.74 Å². The van der Waals surface area contributed by atoms with Crippen LogP contribution in [0, 0.1) is 0 Å². The van der Waals surface area contributed by atoms with Crippen LogP contribution in [0.15, 0.2) is 0 Å². The Kier molecular flexibility index (Phi) is 5.21. The molecule has 0 aliphatic carbocycles. The molecule has 0 fully saturated rings. The Morgan fingerprint density at radius 2 is 2.44 bits per heavy atom. The van der Waals surface area contributed by atoms with E-state index in [1.165, 1.54) is 0 Å². The van der Waals surface area contributed by atoms with E-state index >= 15 is 0 Å². The van der Waals surface area contributed by atoms with E-state index in [4.69, 9.17) is 5.11 Å². The van der Waals surface area contributed by atoms with Crippen LogP contribution >= 0.6 is 0 Å². The van der Waals surface area contributed by atoms with Crippen molar-refractivity contribution in [3.05, 3.63) is 0 Å². The van der Waals surface area contributed by atoms with Gasteiger partial charge in [0, 0.05) is 0 Å². The summed E-state index contributed by atoms with van der Waals surface area (Å²) >= 11 is 0. The normalized spacial score (nSPS) is 12.7. The lowest BCUT2D eigenvalue weighted by molar-refractivity contribution is -0.131. The Morgan fingerprint density at radius 3 is 2.89 bits per heavy atom. The molecule has 1 N–H and O–H groups in total. The summed E-state index contributed by atoms with van der Waals surface area (Å²) in [4.78, 5) is 9.58. The zero-order valence-corrected chi connectivity index (χ0v) is 5.54. The van der Waals surface area contributed by atoms with Crippen LogP contribution in [0.3, 0.4) is 0 Å². The molecule has 0 spiro atoms. The maximum atomic E-state index is 9.58. The summed E-state index contributed by atoms with van der Waals surface area (Å²) < 4.78 is 4.32. The lowest BCUT2D eigenvalue weighted by Crippen LogP contribution is -2.13. The van der Waals surface area contributed by atoms with Gasteiger partial charge in [-0.05, 0) is 6.42 Å². The average Bonchev–Trinajstić information content (AvgIpc) is 1.85. The highest BCUT2D eigenvalue weighted by molar-refractivity contribution is 5.36. The van der Waals surface area contributed by atoms with Gasteiger partial charge < -0.3 is 9.84 Å². The molecule has 0 aromatic heterocycles. The highest BCUT2D eigenvalue weighted by atomic mass is 16.5. The maximum absolute atomic E-state index is 9.58. The molecule has 1 atom stereocenters. The molecule has 0 heterocycles. The van der Waals surface area contributed by atoms with E-state index in [1.807, 2.05) is 6.92 Å². The molecule has 0 saturated heterocycles. The molecule has 0 aromatic rings. The van der Waals surface area contributed by atoms with Crippen molar-refractivity contribution in [1.82, 2.24) is 0 Å². The van der Waals surface area contributed by atoms with Crippen molar-refractivity contribution in [1.29, 1.82) is 0 Å². The molecule has 0 amide bonds. The molecule has 3 nitrogen and oxygen atoms in total. The molecule has 0 saturated carbocycles. The van der Waals surface area contributed by atoms with Gasteiger partial charge in [0.05, 0.1) is 6.10 Å². The first-order chi connectivity index (χ1) is 4.31. The Balaban J connectivity index is 3.04. The van der Waals surface area contributed by atoms with Crippen molar-refractivity contribution in [2.24, 2.45) is 0 Å². The lowest BCUT2D eigenvalue weighted by atomic mass is 10.2. The van der Waals surface area contributed by atoms with E-state index in [1.54, 1.807) is 0 Å². The number of aliphatic hydroxyl groups excluding tert-OH is 1. The first-order valence-corrected chi connectivity index (χ1v) is 3.04. The highest BCUT2D eigenvalue weighted by Gasteiger charge is 2.00. The highest BCUT2D eigenvalue weighted by Crippen LogP contribution is 1.94. The molecule has 54 valence electrons. The van der Waals surface area contributed by atoms with Gasteiger partial charge in [-0.15, -0.1) is 0 Å². The summed E-state index contributed by atoms with van der Waals surface area (Å²) in [5, 5.41) is 8.90. The van der Waals surface area contributed by atoms with Crippen LogP contribution in [0.2, 0.25) is 0 Å². The molecule has 0 aliphatic heterocycles. The SMILES string of the molecule is CCCC(O)COC=O. The number of carbonyl (C=O) groups is 1. The van der Waals surface area contributed by atoms with E-state index in [9.17, 15) is 4.79 Å². The largest absolute Gasteiger partial charge is 0.465 e. The minimum Gasteiger partial charge on any atom is -0.465 e. The summed E-state index contributed by atoms with van der Waals surface area (Å²) in [5.74, 6) is 0. The van der Waals surface area contributed by atoms with Crippen LogP contribution in [-0.2, 0) is 9.53 Å². The number of hydrogen-bond donors (Lipinski definition) is 1. The van der Waals surface area contributed by atoms with Crippen LogP contribution in [0.25, 0.3) is 0 Å². The van der Waals surface area contributed by atoms with Crippen molar-refractivity contribution in [3.63, 3.8) is 0 Å². The second-order valence-corrected chi connectivity index (χ2v) is 1.87. The van der Waals surface area contributed by atoms with Gasteiger partial charge in [-0.2, -0.15) is 0 Å². The van der Waals surface area contributed by atoms with Crippen LogP contribution in [-0.4, -0.2) is 24.3 Å². The Morgan fingerprint density at radius 1 is 1.78 bits per heavy atom. The van der Waals surface area contributed by atoms with Gasteiger partial charge in [-0.3, -0.25) is 4.79 Å². The van der Waals surface area contributed by atoms with Crippen molar-refractivity contribution < 1.29 is 14.6 Å². The van der Waals surface area contributed by atoms with Gasteiger partial charge in [0.2, 0.25) is 0 Å². The quantitative estimate of drug-likeness (QED) is 0.548. The number of rotatable bonds is 5. The number of carbonyl (C=O) groups excluding carboxylic acids is 1. The first kappa shape index (κ1) is 8.43. The van der Waals surface area contributed by atoms with Gasteiger partial charge in [0.1, 0.15) is 6.61 Å². The van der Waals surface area contributed by atoms with Crippen LogP contribution < -0.4 is 0 Å². The minimum atomic E-state index is -0.486. The lowest BCUT2D eigenvalue weighted by Gasteiger charge is -2.05. The molecule has 0 bridgehead atoms. The van der Waals surface area contributed by atoms with Gasteiger partial charge in [0.25, 0.3) is 6.47 Å². The Labute approximate surface area is 54.6 Å². The van der Waals surface area contributed by atoms with Gasteiger partial charge in [0.15, 0.2) is 0 Å². The first-order valence-electron chi connectivity index (χ1n) is 3.04. The van der Waals surface area contributed by atoms with Crippen LogP contribution in [0.5, 0.6) is 0 Å². The molecule has 9 heavy (non-hydrogen) atoms. The monoisotopic (exact) mass is 132 g/mol. The molecular formula is C6H12O3. The van der Waals surface area contributed by atoms with Crippen LogP contribution in [0.4, 0.5) is 0 Å². The smallest absolute Gasteiger partial charge is 0.293 e. The number of ether oxygens (including phenoxy) is 1. The summed E-state index contributed by atoms with van der Waals surface area (Å²) in [7, 11) is 0. The molecule has 1 unspecified atom stereocenters. The fraction of sp³-hybridized carbons (Fsp3) is 0.833. The van der Waals surface area contributed by atoms with Gasteiger partial charge in [-0.1, -0.05) is 13.3 Å². The summed E-state index contributed by atoms with van der Waals surface area (Å²) in [5.41, 5.74) is 0. The topological polar surface area (TPSA) is 46.5 Å². The van der Waals surface area contributed by atoms with E-state index < -0.39 is 6.10 Å². The molecule has 0 radical (unpaired) electrons. The fourth-order valence-corrected chi connectivity index (χ4v) is 0.567. The van der Waals surface area contributed by atoms with Crippen molar-refractivity contribution >= 4 is 6.47 Å². The van der Waals surface area contributed by atoms with Crippen molar-refractivity contribution in [2.75, 3.05) is 6.61 Å². The number of hydrogen-bond acceptors (Lipinski definition) is 3. The Hall–Kier alpha value is -0.570. The average molecular weight is 132 g/mol. The zero-order valence-electron chi connectivity index (χ0n) is 5.54. The molecule has 0 aliphatic rings. The standard InChI is InChI=1S/C6H12O3/c1-2-3-6(8)4-9-5-7/h5-6,8H,2-4H2,1H3. The Bertz CT molecular complexity index is 72.7. The molecule has 0 rings (SSSR count). The molecule has 0 aromatic carbocycles. The second-order valence-electron chi connectivity index (χ2n) is 1.87. The zero-order chi connectivity index (χ0) is 7.11. The molecule has 3 heteroatoms. The predicted octanol–water partition coefficient (Wildman–Crippen LogP) is 0.320. The molecular weight excluding hydrogens is 120 g/mol. The van der Waals surface area contributed by atoms with E-state index in [0.717, 1.165) is 6.42 Å². The number of aliphatic hydroxyl groups is 1.